The van der Waals surface area contributed by atoms with Gasteiger partial charge in [-0.3, -0.25) is 9.69 Å². The van der Waals surface area contributed by atoms with E-state index in [1.807, 2.05) is 49.4 Å². The van der Waals surface area contributed by atoms with Gasteiger partial charge in [0.25, 0.3) is 0 Å². The van der Waals surface area contributed by atoms with Gasteiger partial charge in [-0.1, -0.05) is 12.1 Å². The third-order valence-corrected chi connectivity index (χ3v) is 5.87. The number of anilines is 1. The van der Waals surface area contributed by atoms with Gasteiger partial charge in [-0.15, -0.1) is 0 Å². The minimum Gasteiger partial charge on any atom is -0.497 e. The number of para-hydroxylation sites is 2. The molecule has 2 heterocycles. The average molecular weight is 429 g/mol. The van der Waals surface area contributed by atoms with E-state index < -0.39 is 17.7 Å². The minimum absolute atomic E-state index is 0.266. The van der Waals surface area contributed by atoms with Crippen molar-refractivity contribution in [2.45, 2.75) is 25.6 Å². The van der Waals surface area contributed by atoms with Gasteiger partial charge < -0.3 is 24.3 Å². The Morgan fingerprint density at radius 1 is 1.23 bits per heavy atom. The summed E-state index contributed by atoms with van der Waals surface area (Å²) in [5, 5.41) is 3.77. The fourth-order valence-electron chi connectivity index (χ4n) is 4.26. The van der Waals surface area contributed by atoms with Crippen LogP contribution in [0.25, 0.3) is 0 Å². The maximum Gasteiger partial charge on any atom is 0.317 e. The number of carbonyl (C=O) groups excluding carboxylic acids is 1. The summed E-state index contributed by atoms with van der Waals surface area (Å²) in [5.41, 5.74) is 0.367. The Hall–Kier alpha value is -3.00. The summed E-state index contributed by atoms with van der Waals surface area (Å²) >= 11 is 5.73. The fourth-order valence-corrected chi connectivity index (χ4v) is 4.67. The lowest BCUT2D eigenvalue weighted by Crippen LogP contribution is -2.71. The van der Waals surface area contributed by atoms with Crippen LogP contribution >= 0.6 is 12.2 Å². The van der Waals surface area contributed by atoms with E-state index in [-0.39, 0.29) is 12.6 Å². The minimum atomic E-state index is -1.13. The van der Waals surface area contributed by atoms with Gasteiger partial charge in [0.05, 0.1) is 32.6 Å². The molecule has 1 N–H and O–H groups in total. The predicted molar refractivity (Wildman–Crippen MR) is 116 cm³/mol. The maximum absolute atomic E-state index is 13.1. The second kappa shape index (κ2) is 7.68. The van der Waals surface area contributed by atoms with Gasteiger partial charge in [-0.2, -0.15) is 0 Å². The molecule has 30 heavy (non-hydrogen) atoms. The lowest BCUT2D eigenvalue weighted by molar-refractivity contribution is -0.159. The van der Waals surface area contributed by atoms with Crippen molar-refractivity contribution in [3.63, 3.8) is 0 Å². The summed E-state index contributed by atoms with van der Waals surface area (Å²) in [6, 6.07) is 12.6. The monoisotopic (exact) mass is 428 g/mol. The van der Waals surface area contributed by atoms with Crippen LogP contribution in [0.15, 0.2) is 42.5 Å². The highest BCUT2D eigenvalue weighted by Gasteiger charge is 2.60. The first-order chi connectivity index (χ1) is 14.4. The largest absolute Gasteiger partial charge is 0.497 e. The summed E-state index contributed by atoms with van der Waals surface area (Å²) in [4.78, 5) is 14.9. The number of methoxy groups -OCH3 is 2. The van der Waals surface area contributed by atoms with Gasteiger partial charge in [-0.05, 0) is 56.4 Å². The van der Waals surface area contributed by atoms with E-state index in [0.29, 0.717) is 28.0 Å². The van der Waals surface area contributed by atoms with Crippen LogP contribution in [0.4, 0.5) is 5.69 Å². The smallest absolute Gasteiger partial charge is 0.317 e. The number of esters is 1. The van der Waals surface area contributed by atoms with Gasteiger partial charge >= 0.3 is 5.97 Å². The Labute approximate surface area is 180 Å². The van der Waals surface area contributed by atoms with Crippen molar-refractivity contribution >= 4 is 29.0 Å². The van der Waals surface area contributed by atoms with E-state index in [9.17, 15) is 4.79 Å². The lowest BCUT2D eigenvalue weighted by Gasteiger charge is -2.55. The number of fused-ring (bicyclic) bond motifs is 4. The molecule has 0 amide bonds. The predicted octanol–water partition coefficient (Wildman–Crippen LogP) is 3.43. The highest BCUT2D eigenvalue weighted by Crippen LogP contribution is 2.51. The van der Waals surface area contributed by atoms with Gasteiger partial charge in [0.15, 0.2) is 5.11 Å². The molecule has 158 valence electrons. The Balaban J connectivity index is 1.91. The topological polar surface area (TPSA) is 69.3 Å². The molecular formula is C22H24N2O5S. The number of thiocarbonyl (C=S) groups is 1. The van der Waals surface area contributed by atoms with E-state index in [0.717, 1.165) is 5.56 Å². The van der Waals surface area contributed by atoms with Crippen molar-refractivity contribution in [2.24, 2.45) is 5.92 Å². The first kappa shape index (κ1) is 20.3. The molecule has 2 aliphatic heterocycles. The Morgan fingerprint density at radius 3 is 2.70 bits per heavy atom. The van der Waals surface area contributed by atoms with Gasteiger partial charge in [0, 0.05) is 5.56 Å². The molecule has 7 nitrogen and oxygen atoms in total. The standard InChI is InChI=1S/C22H24N2O5S/c1-5-28-20(25)18-19-14-12-13(26-3)10-11-16(14)29-22(18,2)24(21(30)23-19)15-8-6-7-9-17(15)27-4/h6-12,18-19H,5H2,1-4H3,(H,23,30). The molecule has 2 aliphatic rings. The SMILES string of the molecule is CCOC(=O)C1C2NC(=S)N(c3ccccc3OC)C1(C)Oc1ccc(OC)cc12. The van der Waals surface area contributed by atoms with Crippen LogP contribution in [0.5, 0.6) is 17.2 Å². The van der Waals surface area contributed by atoms with E-state index in [1.165, 1.54) is 0 Å². The zero-order valence-corrected chi connectivity index (χ0v) is 18.1. The Morgan fingerprint density at radius 2 is 2.00 bits per heavy atom. The number of nitrogens with one attached hydrogen (secondary N) is 1. The Bertz CT molecular complexity index is 997. The van der Waals surface area contributed by atoms with E-state index in [1.54, 1.807) is 26.0 Å². The molecule has 0 spiro atoms. The molecule has 3 unspecified atom stereocenters. The molecule has 8 heteroatoms. The molecule has 2 bridgehead atoms. The van der Waals surface area contributed by atoms with Gasteiger partial charge in [-0.25, -0.2) is 0 Å². The fraction of sp³-hybridized carbons (Fsp3) is 0.364. The number of ether oxygens (including phenoxy) is 4. The molecule has 0 radical (unpaired) electrons. The third-order valence-electron chi connectivity index (χ3n) is 5.57. The normalized spacial score (nSPS) is 24.3. The highest BCUT2D eigenvalue weighted by molar-refractivity contribution is 7.80. The van der Waals surface area contributed by atoms with Crippen molar-refractivity contribution in [2.75, 3.05) is 25.7 Å². The number of benzene rings is 2. The van der Waals surface area contributed by atoms with Crippen LogP contribution in [0.1, 0.15) is 25.5 Å². The quantitative estimate of drug-likeness (QED) is 0.574. The molecule has 0 aromatic heterocycles. The molecule has 1 saturated heterocycles. The maximum atomic E-state index is 13.1. The van der Waals surface area contributed by atoms with Crippen LogP contribution in [-0.4, -0.2) is 37.6 Å². The summed E-state index contributed by atoms with van der Waals surface area (Å²) in [7, 11) is 3.19. The molecular weight excluding hydrogens is 404 g/mol. The number of hydrogen-bond donors (Lipinski definition) is 1. The van der Waals surface area contributed by atoms with Crippen molar-refractivity contribution in [1.82, 2.24) is 5.32 Å². The van der Waals surface area contributed by atoms with Gasteiger partial charge in [0.1, 0.15) is 23.2 Å². The van der Waals surface area contributed by atoms with Crippen LogP contribution in [-0.2, 0) is 9.53 Å². The molecule has 2 aromatic carbocycles. The second-order valence-corrected chi connectivity index (χ2v) is 7.61. The van der Waals surface area contributed by atoms with Crippen molar-refractivity contribution in [3.8, 4) is 17.2 Å². The third kappa shape index (κ3) is 3.02. The van der Waals surface area contributed by atoms with Crippen molar-refractivity contribution < 1.29 is 23.7 Å². The lowest BCUT2D eigenvalue weighted by atomic mass is 9.79. The van der Waals surface area contributed by atoms with Crippen LogP contribution in [0, 0.1) is 5.92 Å². The summed E-state index contributed by atoms with van der Waals surface area (Å²) < 4.78 is 22.9. The van der Waals surface area contributed by atoms with E-state index in [2.05, 4.69) is 5.32 Å². The number of rotatable bonds is 5. The van der Waals surface area contributed by atoms with Gasteiger partial charge in [0.2, 0.25) is 5.72 Å². The molecule has 0 aliphatic carbocycles. The Kier molecular flexibility index (Phi) is 5.19. The summed E-state index contributed by atoms with van der Waals surface area (Å²) in [5.74, 6) is 0.886. The van der Waals surface area contributed by atoms with Crippen molar-refractivity contribution in [1.29, 1.82) is 0 Å². The molecule has 1 fully saturated rings. The summed E-state index contributed by atoms with van der Waals surface area (Å²) in [6.45, 7) is 3.91. The molecule has 0 saturated carbocycles. The zero-order chi connectivity index (χ0) is 21.5. The zero-order valence-electron chi connectivity index (χ0n) is 17.3. The average Bonchev–Trinajstić information content (AvgIpc) is 2.73. The van der Waals surface area contributed by atoms with Crippen LogP contribution < -0.4 is 24.4 Å². The molecule has 2 aromatic rings. The molecule has 3 atom stereocenters. The number of hydrogen-bond acceptors (Lipinski definition) is 6. The highest BCUT2D eigenvalue weighted by atomic mass is 32.1. The van der Waals surface area contributed by atoms with Crippen LogP contribution in [0.2, 0.25) is 0 Å². The van der Waals surface area contributed by atoms with Crippen molar-refractivity contribution in [3.05, 3.63) is 48.0 Å². The first-order valence-electron chi connectivity index (χ1n) is 9.72. The number of carbonyl (C=O) groups is 1. The van der Waals surface area contributed by atoms with E-state index >= 15 is 0 Å². The second-order valence-electron chi connectivity index (χ2n) is 7.22. The molecule has 4 rings (SSSR count). The first-order valence-corrected chi connectivity index (χ1v) is 10.1. The summed E-state index contributed by atoms with van der Waals surface area (Å²) in [6.07, 6.45) is 0. The number of nitrogens with zero attached hydrogens (tertiary/aromatic N) is 1. The van der Waals surface area contributed by atoms with E-state index in [4.69, 9.17) is 31.2 Å². The van der Waals surface area contributed by atoms with Crippen LogP contribution in [0.3, 0.4) is 0 Å².